The molecule has 1 saturated carbocycles. The molecule has 1 heterocycles. The maximum absolute atomic E-state index is 10.5. The van der Waals surface area contributed by atoms with E-state index in [-0.39, 0.29) is 0 Å². The second-order valence-electron chi connectivity index (χ2n) is 9.17. The molecule has 36 heavy (non-hydrogen) atoms. The van der Waals surface area contributed by atoms with E-state index in [4.69, 9.17) is 11.6 Å². The molecule has 5 rings (SSSR count). The summed E-state index contributed by atoms with van der Waals surface area (Å²) < 4.78 is 1.06. The molecule has 0 spiro atoms. The number of hydrogen-bond acceptors (Lipinski definition) is 4. The first kappa shape index (κ1) is 28.1. The predicted octanol–water partition coefficient (Wildman–Crippen LogP) is 8.37. The minimum absolute atomic E-state index is 0.575. The monoisotopic (exact) mass is 520 g/mol. The summed E-state index contributed by atoms with van der Waals surface area (Å²) >= 11 is 7.36. The van der Waals surface area contributed by atoms with E-state index < -0.39 is 0 Å². The molecule has 1 aliphatic rings. The Hall–Kier alpha value is -2.50. The Kier molecular flexibility index (Phi) is 11.1. The molecule has 1 aromatic heterocycles. The highest BCUT2D eigenvalue weighted by atomic mass is 35.5. The summed E-state index contributed by atoms with van der Waals surface area (Å²) in [6.07, 6.45) is 7.76. The highest BCUT2D eigenvalue weighted by Gasteiger charge is 2.18. The molecular formula is C31H37ClN2OS. The van der Waals surface area contributed by atoms with Crippen LogP contribution in [-0.2, 0) is 6.54 Å². The second-order valence-corrected chi connectivity index (χ2v) is 10.6. The van der Waals surface area contributed by atoms with Gasteiger partial charge in [0, 0.05) is 22.7 Å². The number of benzene rings is 3. The molecule has 3 nitrogen and oxygen atoms in total. The number of hydrogen-bond donors (Lipinski definition) is 1. The minimum atomic E-state index is 0.575. The summed E-state index contributed by atoms with van der Waals surface area (Å²) in [4.78, 5) is 13.7. The van der Waals surface area contributed by atoms with Gasteiger partial charge in [-0.15, -0.1) is 11.3 Å². The first-order chi connectivity index (χ1) is 17.5. The molecule has 0 saturated heterocycles. The number of nitrogens with zero attached hydrogens (tertiary/aromatic N) is 1. The zero-order valence-corrected chi connectivity index (χ0v) is 23.1. The van der Waals surface area contributed by atoms with E-state index in [1.165, 1.54) is 72.7 Å². The standard InChI is InChI=1S/C21H27N.C9H5ClOS.CH5N/c1-17-8-6-10-19(14-17)20-11-7-9-18(15-20)16-22(2)21-12-4-3-5-13-21;10-9-6-3-1-2-4-7(6)12-8(9)5-11;1-2/h6-11,14-15,21H,3-5,12-13,16H2,1-2H3;1-5H;2H2,1H3. The largest absolute Gasteiger partial charge is 0.333 e. The molecule has 0 unspecified atom stereocenters. The molecule has 0 atom stereocenters. The number of nitrogens with two attached hydrogens (primary N) is 1. The average molecular weight is 521 g/mol. The van der Waals surface area contributed by atoms with Crippen LogP contribution in [-0.4, -0.2) is 31.3 Å². The zero-order chi connectivity index (χ0) is 25.9. The van der Waals surface area contributed by atoms with E-state index in [9.17, 15) is 4.79 Å². The molecule has 5 heteroatoms. The molecule has 0 radical (unpaired) electrons. The Balaban J connectivity index is 0.000000217. The van der Waals surface area contributed by atoms with E-state index in [0.29, 0.717) is 9.90 Å². The molecular weight excluding hydrogens is 484 g/mol. The van der Waals surface area contributed by atoms with Crippen LogP contribution in [0.25, 0.3) is 21.2 Å². The summed E-state index contributed by atoms with van der Waals surface area (Å²) in [5.41, 5.74) is 9.90. The number of carbonyl (C=O) groups excluding carboxylic acids is 1. The Labute approximate surface area is 224 Å². The summed E-state index contributed by atoms with van der Waals surface area (Å²) in [6, 6.07) is 26.3. The number of aryl methyl sites for hydroxylation is 1. The Morgan fingerprint density at radius 3 is 2.28 bits per heavy atom. The van der Waals surface area contributed by atoms with Gasteiger partial charge < -0.3 is 5.73 Å². The maximum atomic E-state index is 10.5. The summed E-state index contributed by atoms with van der Waals surface area (Å²) in [7, 11) is 3.79. The highest BCUT2D eigenvalue weighted by Crippen LogP contribution is 2.33. The van der Waals surface area contributed by atoms with Gasteiger partial charge in [0.15, 0.2) is 6.29 Å². The van der Waals surface area contributed by atoms with Crippen LogP contribution in [0.2, 0.25) is 5.02 Å². The van der Waals surface area contributed by atoms with Crippen molar-refractivity contribution in [2.45, 2.75) is 51.6 Å². The predicted molar refractivity (Wildman–Crippen MR) is 157 cm³/mol. The van der Waals surface area contributed by atoms with Gasteiger partial charge in [0.25, 0.3) is 0 Å². The van der Waals surface area contributed by atoms with Gasteiger partial charge in [-0.1, -0.05) is 97.1 Å². The third-order valence-electron chi connectivity index (χ3n) is 6.58. The second kappa shape index (κ2) is 14.3. The van der Waals surface area contributed by atoms with Crippen LogP contribution in [0.4, 0.5) is 0 Å². The molecule has 1 fully saturated rings. The van der Waals surface area contributed by atoms with E-state index in [0.717, 1.165) is 29.0 Å². The van der Waals surface area contributed by atoms with Gasteiger partial charge in [0.1, 0.15) is 0 Å². The molecule has 2 N–H and O–H groups in total. The first-order valence-corrected chi connectivity index (χ1v) is 13.8. The van der Waals surface area contributed by atoms with Gasteiger partial charge in [-0.3, -0.25) is 9.69 Å². The average Bonchev–Trinajstić information content (AvgIpc) is 3.26. The van der Waals surface area contributed by atoms with Crippen LogP contribution in [0, 0.1) is 6.92 Å². The Morgan fingerprint density at radius 2 is 1.61 bits per heavy atom. The summed E-state index contributed by atoms with van der Waals surface area (Å²) in [5, 5.41) is 1.54. The SMILES string of the molecule is CN.Cc1cccc(-c2cccc(CN(C)C3CCCCC3)c2)c1.O=Cc1sc2ccccc2c1Cl. The molecule has 4 aromatic rings. The maximum Gasteiger partial charge on any atom is 0.161 e. The normalized spacial score (nSPS) is 13.5. The van der Waals surface area contributed by atoms with Gasteiger partial charge in [-0.25, -0.2) is 0 Å². The highest BCUT2D eigenvalue weighted by molar-refractivity contribution is 7.21. The van der Waals surface area contributed by atoms with Gasteiger partial charge in [0.2, 0.25) is 0 Å². The number of thiophene rings is 1. The lowest BCUT2D eigenvalue weighted by Gasteiger charge is -2.31. The molecule has 3 aromatic carbocycles. The van der Waals surface area contributed by atoms with Crippen LogP contribution >= 0.6 is 22.9 Å². The number of aldehydes is 1. The summed E-state index contributed by atoms with van der Waals surface area (Å²) in [6.45, 7) is 3.22. The lowest BCUT2D eigenvalue weighted by atomic mass is 9.94. The van der Waals surface area contributed by atoms with Gasteiger partial charge >= 0.3 is 0 Å². The van der Waals surface area contributed by atoms with Crippen LogP contribution in [0.3, 0.4) is 0 Å². The smallest absolute Gasteiger partial charge is 0.161 e. The van der Waals surface area contributed by atoms with E-state index in [1.807, 2.05) is 24.3 Å². The van der Waals surface area contributed by atoms with Crippen molar-refractivity contribution in [1.82, 2.24) is 4.90 Å². The fourth-order valence-electron chi connectivity index (χ4n) is 4.72. The third kappa shape index (κ3) is 7.50. The number of rotatable bonds is 5. The first-order valence-electron chi connectivity index (χ1n) is 12.6. The fraction of sp³-hybridized carbons (Fsp3) is 0.323. The van der Waals surface area contributed by atoms with Gasteiger partial charge in [-0.05, 0) is 62.7 Å². The zero-order valence-electron chi connectivity index (χ0n) is 21.5. The number of halogens is 1. The Morgan fingerprint density at radius 1 is 0.944 bits per heavy atom. The van der Waals surface area contributed by atoms with Crippen molar-refractivity contribution in [3.8, 4) is 11.1 Å². The van der Waals surface area contributed by atoms with Crippen molar-refractivity contribution >= 4 is 39.3 Å². The van der Waals surface area contributed by atoms with Crippen LogP contribution in [0.1, 0.15) is 52.9 Å². The van der Waals surface area contributed by atoms with Gasteiger partial charge in [-0.2, -0.15) is 0 Å². The van der Waals surface area contributed by atoms with Gasteiger partial charge in [0.05, 0.1) is 9.90 Å². The minimum Gasteiger partial charge on any atom is -0.333 e. The van der Waals surface area contributed by atoms with Crippen LogP contribution in [0.15, 0.2) is 72.8 Å². The Bertz CT molecular complexity index is 1250. The third-order valence-corrected chi connectivity index (χ3v) is 8.19. The topological polar surface area (TPSA) is 46.3 Å². The molecule has 0 amide bonds. The lowest BCUT2D eigenvalue weighted by molar-refractivity contribution is 0.112. The van der Waals surface area contributed by atoms with Crippen molar-refractivity contribution in [3.63, 3.8) is 0 Å². The van der Waals surface area contributed by atoms with Crippen LogP contribution in [0.5, 0.6) is 0 Å². The van der Waals surface area contributed by atoms with Crippen molar-refractivity contribution in [2.24, 2.45) is 5.73 Å². The fourth-order valence-corrected chi connectivity index (χ4v) is 6.01. The number of fused-ring (bicyclic) bond motifs is 1. The van der Waals surface area contributed by atoms with Crippen LogP contribution < -0.4 is 5.73 Å². The quantitative estimate of drug-likeness (QED) is 0.269. The van der Waals surface area contributed by atoms with E-state index in [1.54, 1.807) is 0 Å². The van der Waals surface area contributed by atoms with Crippen molar-refractivity contribution in [1.29, 1.82) is 0 Å². The molecule has 0 bridgehead atoms. The van der Waals surface area contributed by atoms with Crippen molar-refractivity contribution in [2.75, 3.05) is 14.1 Å². The number of carbonyl (C=O) groups is 1. The van der Waals surface area contributed by atoms with Crippen molar-refractivity contribution in [3.05, 3.63) is 93.8 Å². The summed E-state index contributed by atoms with van der Waals surface area (Å²) in [5.74, 6) is 0. The molecule has 0 aliphatic heterocycles. The van der Waals surface area contributed by atoms with E-state index >= 15 is 0 Å². The van der Waals surface area contributed by atoms with Crippen molar-refractivity contribution < 1.29 is 4.79 Å². The lowest BCUT2D eigenvalue weighted by Crippen LogP contribution is -2.32. The molecule has 1 aliphatic carbocycles. The van der Waals surface area contributed by atoms with E-state index in [2.05, 4.69) is 73.1 Å². The molecule has 190 valence electrons.